The number of rotatable bonds is 7. The largest absolute Gasteiger partial charge is 0.487 e. The minimum absolute atomic E-state index is 0.0362. The summed E-state index contributed by atoms with van der Waals surface area (Å²) in [6.45, 7) is 4.78. The van der Waals surface area contributed by atoms with Crippen LogP contribution < -0.4 is 10.1 Å². The van der Waals surface area contributed by atoms with Crippen molar-refractivity contribution in [1.29, 1.82) is 0 Å². The maximum Gasteiger partial charge on any atom is 0.251 e. The molecule has 34 heavy (non-hydrogen) atoms. The summed E-state index contributed by atoms with van der Waals surface area (Å²) in [5.74, 6) is 0.734. The molecule has 1 N–H and O–H groups in total. The van der Waals surface area contributed by atoms with E-state index in [1.807, 2.05) is 59.5 Å². The Balaban J connectivity index is 1.51. The Hall–Kier alpha value is -3.71. The lowest BCUT2D eigenvalue weighted by Gasteiger charge is -2.41. The van der Waals surface area contributed by atoms with Gasteiger partial charge in [-0.15, -0.1) is 0 Å². The lowest BCUT2D eigenvalue weighted by Crippen LogP contribution is -2.49. The summed E-state index contributed by atoms with van der Waals surface area (Å²) in [6, 6.07) is 21.2. The number of hydrogen-bond acceptors (Lipinski definition) is 5. The molecule has 1 fully saturated rings. The molecule has 1 aliphatic rings. The highest BCUT2D eigenvalue weighted by molar-refractivity contribution is 5.94. The van der Waals surface area contributed by atoms with Crippen molar-refractivity contribution in [2.75, 3.05) is 26.7 Å². The van der Waals surface area contributed by atoms with Crippen molar-refractivity contribution in [3.05, 3.63) is 95.3 Å². The number of aromatic nitrogens is 1. The molecule has 2 heterocycles. The first-order valence-corrected chi connectivity index (χ1v) is 11.5. The molecule has 0 bridgehead atoms. The third-order valence-electron chi connectivity index (χ3n) is 6.10. The van der Waals surface area contributed by atoms with Gasteiger partial charge in [-0.1, -0.05) is 36.4 Å². The fourth-order valence-electron chi connectivity index (χ4n) is 4.33. The average Bonchev–Trinajstić information content (AvgIpc) is 2.88. The lowest BCUT2D eigenvalue weighted by molar-refractivity contribution is -0.134. The van der Waals surface area contributed by atoms with Crippen LogP contribution in [-0.4, -0.2) is 53.3 Å². The quantitative estimate of drug-likeness (QED) is 0.587. The number of piperazine rings is 1. The molecule has 1 saturated heterocycles. The first-order valence-electron chi connectivity index (χ1n) is 11.5. The Morgan fingerprint density at radius 2 is 1.88 bits per heavy atom. The van der Waals surface area contributed by atoms with E-state index in [0.29, 0.717) is 31.8 Å². The predicted octanol–water partition coefficient (Wildman–Crippen LogP) is 3.43. The predicted molar refractivity (Wildman–Crippen MR) is 130 cm³/mol. The van der Waals surface area contributed by atoms with Crippen molar-refractivity contribution < 1.29 is 14.3 Å². The Labute approximate surface area is 200 Å². The molecule has 2 aromatic carbocycles. The molecule has 7 nitrogen and oxygen atoms in total. The topological polar surface area (TPSA) is 74.8 Å². The number of nitrogens with one attached hydrogen (secondary N) is 1. The fraction of sp³-hybridized carbons (Fsp3) is 0.296. The number of carbonyl (C=O) groups excluding carboxylic acids is 2. The highest BCUT2D eigenvalue weighted by atomic mass is 16.5. The van der Waals surface area contributed by atoms with E-state index in [2.05, 4.69) is 21.3 Å². The van der Waals surface area contributed by atoms with E-state index in [1.54, 1.807) is 26.2 Å². The normalized spacial score (nSPS) is 16.2. The highest BCUT2D eigenvalue weighted by Crippen LogP contribution is 2.29. The third-order valence-corrected chi connectivity index (χ3v) is 6.10. The Morgan fingerprint density at radius 1 is 1.06 bits per heavy atom. The van der Waals surface area contributed by atoms with E-state index in [4.69, 9.17) is 4.74 Å². The lowest BCUT2D eigenvalue weighted by atomic mass is 9.99. The second-order valence-corrected chi connectivity index (χ2v) is 8.39. The van der Waals surface area contributed by atoms with Crippen LogP contribution in [0.3, 0.4) is 0 Å². The average molecular weight is 459 g/mol. The molecule has 3 aromatic rings. The van der Waals surface area contributed by atoms with Gasteiger partial charge < -0.3 is 15.0 Å². The van der Waals surface area contributed by atoms with Crippen molar-refractivity contribution >= 4 is 11.8 Å². The molecule has 1 aliphatic heterocycles. The first kappa shape index (κ1) is 23.4. The highest BCUT2D eigenvalue weighted by Gasteiger charge is 2.30. The molecule has 4 rings (SSSR count). The molecule has 0 spiro atoms. The molecule has 7 heteroatoms. The number of pyridine rings is 1. The van der Waals surface area contributed by atoms with Crippen LogP contribution in [0, 0.1) is 0 Å². The molecule has 0 radical (unpaired) electrons. The zero-order valence-corrected chi connectivity index (χ0v) is 19.6. The van der Waals surface area contributed by atoms with Crippen LogP contribution >= 0.6 is 0 Å². The van der Waals surface area contributed by atoms with Crippen LogP contribution in [0.25, 0.3) is 0 Å². The smallest absolute Gasteiger partial charge is 0.251 e. The van der Waals surface area contributed by atoms with Gasteiger partial charge in [0.25, 0.3) is 5.91 Å². The van der Waals surface area contributed by atoms with Crippen LogP contribution in [-0.2, 0) is 17.9 Å². The van der Waals surface area contributed by atoms with Gasteiger partial charge in [0, 0.05) is 57.5 Å². The molecule has 0 saturated carbocycles. The van der Waals surface area contributed by atoms with Crippen LogP contribution in [0.15, 0.2) is 72.9 Å². The summed E-state index contributed by atoms with van der Waals surface area (Å²) < 4.78 is 6.09. The van der Waals surface area contributed by atoms with Crippen molar-refractivity contribution in [3.63, 3.8) is 0 Å². The summed E-state index contributed by atoms with van der Waals surface area (Å²) in [5.41, 5.74) is 3.52. The summed E-state index contributed by atoms with van der Waals surface area (Å²) in [5, 5.41) is 2.67. The van der Waals surface area contributed by atoms with Crippen LogP contribution in [0.5, 0.6) is 5.75 Å². The second kappa shape index (κ2) is 10.9. The fourth-order valence-corrected chi connectivity index (χ4v) is 4.33. The van der Waals surface area contributed by atoms with Gasteiger partial charge in [-0.25, -0.2) is 0 Å². The van der Waals surface area contributed by atoms with E-state index in [0.717, 1.165) is 29.1 Å². The molecule has 0 unspecified atom stereocenters. The summed E-state index contributed by atoms with van der Waals surface area (Å²) >= 11 is 0. The molecule has 176 valence electrons. The zero-order valence-electron chi connectivity index (χ0n) is 19.6. The van der Waals surface area contributed by atoms with E-state index in [9.17, 15) is 9.59 Å². The SMILES string of the molecule is CNC(=O)c1cccc([C@@H]2CN(Cc3ccccc3OCc3ccccn3)CCN2C(C)=O)c1. The third kappa shape index (κ3) is 5.61. The minimum Gasteiger partial charge on any atom is -0.487 e. The van der Waals surface area contributed by atoms with Crippen LogP contribution in [0.4, 0.5) is 0 Å². The van der Waals surface area contributed by atoms with Gasteiger partial charge in [0.15, 0.2) is 0 Å². The summed E-state index contributed by atoms with van der Waals surface area (Å²) in [4.78, 5) is 33.1. The van der Waals surface area contributed by atoms with Crippen molar-refractivity contribution in [2.24, 2.45) is 0 Å². The van der Waals surface area contributed by atoms with Crippen LogP contribution in [0.2, 0.25) is 0 Å². The van der Waals surface area contributed by atoms with E-state index < -0.39 is 0 Å². The number of ether oxygens (including phenoxy) is 1. The standard InChI is InChI=1S/C27H30N4O3/c1-20(32)31-15-14-30(18-25(31)21-9-7-10-22(16-21)27(33)28-2)17-23-8-3-4-12-26(23)34-19-24-11-5-6-13-29-24/h3-13,16,25H,14-15,17-19H2,1-2H3,(H,28,33)/t25-/m0/s1. The van der Waals surface area contributed by atoms with Gasteiger partial charge >= 0.3 is 0 Å². The first-order chi connectivity index (χ1) is 16.5. The molecular weight excluding hydrogens is 428 g/mol. The number of para-hydroxylation sites is 1. The maximum atomic E-state index is 12.4. The van der Waals surface area contributed by atoms with Gasteiger partial charge in [-0.2, -0.15) is 0 Å². The van der Waals surface area contributed by atoms with Crippen molar-refractivity contribution in [2.45, 2.75) is 26.1 Å². The summed E-state index contributed by atoms with van der Waals surface area (Å²) in [6.07, 6.45) is 1.76. The second-order valence-electron chi connectivity index (χ2n) is 8.39. The van der Waals surface area contributed by atoms with Crippen molar-refractivity contribution in [3.8, 4) is 5.75 Å². The van der Waals surface area contributed by atoms with Gasteiger partial charge in [0.2, 0.25) is 5.91 Å². The molecule has 1 aromatic heterocycles. The van der Waals surface area contributed by atoms with Gasteiger partial charge in [0.1, 0.15) is 12.4 Å². The zero-order chi connectivity index (χ0) is 23.9. The molecule has 2 amide bonds. The Bertz CT molecular complexity index is 1140. The van der Waals surface area contributed by atoms with Gasteiger partial charge in [0.05, 0.1) is 11.7 Å². The molecular formula is C27H30N4O3. The monoisotopic (exact) mass is 458 g/mol. The minimum atomic E-state index is -0.136. The van der Waals surface area contributed by atoms with Gasteiger partial charge in [-0.3, -0.25) is 19.5 Å². The van der Waals surface area contributed by atoms with Crippen LogP contribution in [0.1, 0.15) is 40.1 Å². The molecule has 0 aliphatic carbocycles. The van der Waals surface area contributed by atoms with E-state index >= 15 is 0 Å². The van der Waals surface area contributed by atoms with E-state index in [1.165, 1.54) is 0 Å². The number of carbonyl (C=O) groups is 2. The number of benzene rings is 2. The summed E-state index contributed by atoms with van der Waals surface area (Å²) in [7, 11) is 1.62. The van der Waals surface area contributed by atoms with Crippen molar-refractivity contribution in [1.82, 2.24) is 20.1 Å². The number of nitrogens with zero attached hydrogens (tertiary/aromatic N) is 3. The van der Waals surface area contributed by atoms with E-state index in [-0.39, 0.29) is 17.9 Å². The number of hydrogen-bond donors (Lipinski definition) is 1. The maximum absolute atomic E-state index is 12.4. The Morgan fingerprint density at radius 3 is 2.65 bits per heavy atom. The molecule has 1 atom stereocenters. The Kier molecular flexibility index (Phi) is 7.54. The van der Waals surface area contributed by atoms with Gasteiger partial charge in [-0.05, 0) is 35.9 Å². The number of amides is 2.